The number of rotatable bonds is 4. The van der Waals surface area contributed by atoms with Gasteiger partial charge in [-0.2, -0.15) is 0 Å². The van der Waals surface area contributed by atoms with E-state index in [1.54, 1.807) is 0 Å². The quantitative estimate of drug-likeness (QED) is 0.887. The van der Waals surface area contributed by atoms with Crippen molar-refractivity contribution in [3.8, 4) is 0 Å². The predicted octanol–water partition coefficient (Wildman–Crippen LogP) is 2.81. The molecule has 0 radical (unpaired) electrons. The number of hydrogen-bond donors (Lipinski definition) is 1. The molecule has 0 saturated carbocycles. The van der Waals surface area contributed by atoms with Crippen molar-refractivity contribution in [3.63, 3.8) is 0 Å². The van der Waals surface area contributed by atoms with Crippen LogP contribution in [0.1, 0.15) is 39.7 Å². The Bertz CT molecular complexity index is 389. The van der Waals surface area contributed by atoms with Gasteiger partial charge >= 0.3 is 0 Å². The molecule has 0 amide bonds. The van der Waals surface area contributed by atoms with E-state index in [0.717, 1.165) is 12.5 Å². The molecule has 2 unspecified atom stereocenters. The average Bonchev–Trinajstić information content (AvgIpc) is 2.66. The first-order chi connectivity index (χ1) is 8.58. The molecule has 1 aliphatic rings. The summed E-state index contributed by atoms with van der Waals surface area (Å²) in [4.78, 5) is 6.80. The van der Waals surface area contributed by atoms with Crippen LogP contribution in [-0.4, -0.2) is 23.6 Å². The van der Waals surface area contributed by atoms with E-state index in [1.807, 2.05) is 12.4 Å². The lowest BCUT2D eigenvalue weighted by Gasteiger charge is -2.26. The smallest absolute Gasteiger partial charge is 0.0445 e. The molecule has 3 heteroatoms. The highest BCUT2D eigenvalue weighted by Crippen LogP contribution is 2.30. The monoisotopic (exact) mass is 247 g/mol. The summed E-state index contributed by atoms with van der Waals surface area (Å²) in [5.41, 5.74) is 2.67. The third-order valence-corrected chi connectivity index (χ3v) is 3.67. The second kappa shape index (κ2) is 5.70. The van der Waals surface area contributed by atoms with Crippen molar-refractivity contribution in [1.82, 2.24) is 10.3 Å². The maximum absolute atomic E-state index is 4.27. The fourth-order valence-electron chi connectivity index (χ4n) is 2.79. The zero-order valence-electron chi connectivity index (χ0n) is 12.0. The van der Waals surface area contributed by atoms with Crippen LogP contribution in [-0.2, 0) is 6.54 Å². The minimum atomic E-state index is 0.507. The molecular formula is C15H25N3. The van der Waals surface area contributed by atoms with Gasteiger partial charge < -0.3 is 10.2 Å². The van der Waals surface area contributed by atoms with Gasteiger partial charge in [0.2, 0.25) is 0 Å². The predicted molar refractivity (Wildman–Crippen MR) is 76.8 cm³/mol. The molecular weight excluding hydrogens is 222 g/mol. The highest BCUT2D eigenvalue weighted by atomic mass is 15.2. The lowest BCUT2D eigenvalue weighted by Crippen LogP contribution is -2.29. The fourth-order valence-corrected chi connectivity index (χ4v) is 2.79. The number of hydrogen-bond acceptors (Lipinski definition) is 3. The van der Waals surface area contributed by atoms with E-state index in [2.05, 4.69) is 49.0 Å². The molecule has 18 heavy (non-hydrogen) atoms. The van der Waals surface area contributed by atoms with Crippen LogP contribution in [0.4, 0.5) is 5.69 Å². The summed E-state index contributed by atoms with van der Waals surface area (Å²) in [5, 5.41) is 3.49. The van der Waals surface area contributed by atoms with E-state index in [1.165, 1.54) is 24.2 Å². The van der Waals surface area contributed by atoms with Crippen molar-refractivity contribution in [3.05, 3.63) is 24.0 Å². The van der Waals surface area contributed by atoms with Crippen LogP contribution >= 0.6 is 0 Å². The van der Waals surface area contributed by atoms with Crippen molar-refractivity contribution in [2.24, 2.45) is 5.92 Å². The third kappa shape index (κ3) is 3.02. The molecule has 0 spiro atoms. The highest BCUT2D eigenvalue weighted by molar-refractivity contribution is 5.54. The zero-order valence-corrected chi connectivity index (χ0v) is 12.0. The molecule has 1 aromatic heterocycles. The highest BCUT2D eigenvalue weighted by Gasteiger charge is 2.27. The van der Waals surface area contributed by atoms with Crippen LogP contribution in [0.15, 0.2) is 18.5 Å². The van der Waals surface area contributed by atoms with Crippen molar-refractivity contribution < 1.29 is 0 Å². The van der Waals surface area contributed by atoms with E-state index in [4.69, 9.17) is 0 Å². The van der Waals surface area contributed by atoms with Gasteiger partial charge in [-0.1, -0.05) is 20.8 Å². The second-order valence-corrected chi connectivity index (χ2v) is 5.88. The molecule has 0 bridgehead atoms. The van der Waals surface area contributed by atoms with Gasteiger partial charge in [0, 0.05) is 48.8 Å². The standard InChI is InChI=1S/C15H25N3/c1-11(2)17-9-14-8-16-6-5-15(14)18-10-12(3)7-13(18)4/h5-6,8,11-13,17H,7,9-10H2,1-4H3. The van der Waals surface area contributed by atoms with E-state index in [0.29, 0.717) is 12.1 Å². The summed E-state index contributed by atoms with van der Waals surface area (Å²) >= 11 is 0. The zero-order chi connectivity index (χ0) is 13.1. The van der Waals surface area contributed by atoms with Gasteiger partial charge in [0.05, 0.1) is 0 Å². The lowest BCUT2D eigenvalue weighted by molar-refractivity contribution is 0.586. The number of nitrogens with zero attached hydrogens (tertiary/aromatic N) is 2. The molecule has 2 atom stereocenters. The molecule has 1 N–H and O–H groups in total. The summed E-state index contributed by atoms with van der Waals surface area (Å²) in [6, 6.07) is 3.31. The topological polar surface area (TPSA) is 28.2 Å². The van der Waals surface area contributed by atoms with Crippen LogP contribution in [0.3, 0.4) is 0 Å². The van der Waals surface area contributed by atoms with Crippen LogP contribution in [0.5, 0.6) is 0 Å². The van der Waals surface area contributed by atoms with Crippen LogP contribution < -0.4 is 10.2 Å². The van der Waals surface area contributed by atoms with Crippen LogP contribution in [0.2, 0.25) is 0 Å². The molecule has 1 saturated heterocycles. The summed E-state index contributed by atoms with van der Waals surface area (Å²) in [7, 11) is 0. The molecule has 1 aliphatic heterocycles. The maximum Gasteiger partial charge on any atom is 0.0445 e. The Morgan fingerprint density at radius 2 is 2.22 bits per heavy atom. The Morgan fingerprint density at radius 1 is 1.44 bits per heavy atom. The van der Waals surface area contributed by atoms with Gasteiger partial charge in [0.15, 0.2) is 0 Å². The minimum absolute atomic E-state index is 0.507. The van der Waals surface area contributed by atoms with E-state index in [-0.39, 0.29) is 0 Å². The molecule has 2 heterocycles. The van der Waals surface area contributed by atoms with Crippen LogP contribution in [0.25, 0.3) is 0 Å². The largest absolute Gasteiger partial charge is 0.368 e. The maximum atomic E-state index is 4.27. The molecule has 3 nitrogen and oxygen atoms in total. The average molecular weight is 247 g/mol. The third-order valence-electron chi connectivity index (χ3n) is 3.67. The van der Waals surface area contributed by atoms with Crippen molar-refractivity contribution in [2.75, 3.05) is 11.4 Å². The Hall–Kier alpha value is -1.09. The lowest BCUT2D eigenvalue weighted by atomic mass is 10.1. The SMILES string of the molecule is CC1CC(C)N(c2ccncc2CNC(C)C)C1. The van der Waals surface area contributed by atoms with Gasteiger partial charge in [0.1, 0.15) is 0 Å². The minimum Gasteiger partial charge on any atom is -0.368 e. The Morgan fingerprint density at radius 3 is 2.83 bits per heavy atom. The Labute approximate surface area is 111 Å². The van der Waals surface area contributed by atoms with Crippen LogP contribution in [0, 0.1) is 5.92 Å². The van der Waals surface area contributed by atoms with Crippen molar-refractivity contribution in [2.45, 2.75) is 52.7 Å². The number of pyridine rings is 1. The molecule has 0 aliphatic carbocycles. The Kier molecular flexibility index (Phi) is 4.23. The van der Waals surface area contributed by atoms with Gasteiger partial charge in [-0.15, -0.1) is 0 Å². The van der Waals surface area contributed by atoms with E-state index in [9.17, 15) is 0 Å². The normalized spacial score (nSPS) is 23.9. The molecule has 1 fully saturated rings. The van der Waals surface area contributed by atoms with Gasteiger partial charge in [-0.05, 0) is 25.3 Å². The number of aromatic nitrogens is 1. The summed E-state index contributed by atoms with van der Waals surface area (Å²) in [5.74, 6) is 0.791. The second-order valence-electron chi connectivity index (χ2n) is 5.88. The first kappa shape index (κ1) is 13.3. The molecule has 0 aromatic carbocycles. The fraction of sp³-hybridized carbons (Fsp3) is 0.667. The molecule has 2 rings (SSSR count). The summed E-state index contributed by atoms with van der Waals surface area (Å²) < 4.78 is 0. The summed E-state index contributed by atoms with van der Waals surface area (Å²) in [6.07, 6.45) is 5.20. The van der Waals surface area contributed by atoms with Crippen molar-refractivity contribution >= 4 is 5.69 Å². The number of nitrogens with one attached hydrogen (secondary N) is 1. The van der Waals surface area contributed by atoms with Gasteiger partial charge in [-0.25, -0.2) is 0 Å². The molecule has 1 aromatic rings. The van der Waals surface area contributed by atoms with E-state index < -0.39 is 0 Å². The first-order valence-electron chi connectivity index (χ1n) is 7.01. The first-order valence-corrected chi connectivity index (χ1v) is 7.01. The Balaban J connectivity index is 2.16. The number of anilines is 1. The van der Waals surface area contributed by atoms with Gasteiger partial charge in [0.25, 0.3) is 0 Å². The molecule has 100 valence electrons. The van der Waals surface area contributed by atoms with E-state index >= 15 is 0 Å². The summed E-state index contributed by atoms with van der Waals surface area (Å²) in [6.45, 7) is 11.1. The van der Waals surface area contributed by atoms with Crippen molar-refractivity contribution in [1.29, 1.82) is 0 Å². The van der Waals surface area contributed by atoms with Gasteiger partial charge in [-0.3, -0.25) is 4.98 Å².